The molecule has 2 unspecified atom stereocenters. The van der Waals surface area contributed by atoms with Gasteiger partial charge in [0.15, 0.2) is 0 Å². The molecule has 0 saturated heterocycles. The molecule has 2 aromatic carbocycles. The Morgan fingerprint density at radius 1 is 1.03 bits per heavy atom. The first kappa shape index (κ1) is 26.9. The molecule has 2 heterocycles. The van der Waals surface area contributed by atoms with E-state index in [0.717, 1.165) is 65.2 Å². The van der Waals surface area contributed by atoms with E-state index in [-0.39, 0.29) is 11.6 Å². The van der Waals surface area contributed by atoms with Crippen LogP contribution in [0.1, 0.15) is 81.4 Å². The molecule has 1 aliphatic rings. The van der Waals surface area contributed by atoms with E-state index in [1.54, 1.807) is 7.11 Å². The minimum absolute atomic E-state index is 0.0221. The van der Waals surface area contributed by atoms with Gasteiger partial charge in [0, 0.05) is 22.9 Å². The summed E-state index contributed by atoms with van der Waals surface area (Å²) in [7, 11) is 1.67. The smallest absolute Gasteiger partial charge is 0.257 e. The SMILES string of the molecule is CCOc1ccc2[nH]c(=O)c(C[NH+](Cc3ccc(OC)cc3)C(CC)c3nnnn3C3CCCCC3)cc2c1. The lowest BCUT2D eigenvalue weighted by atomic mass is 9.95. The fourth-order valence-electron chi connectivity index (χ4n) is 5.85. The normalized spacial score (nSPS) is 15.8. The first-order valence-electron chi connectivity index (χ1n) is 14.1. The molecule has 0 spiro atoms. The van der Waals surface area contributed by atoms with Crippen LogP contribution >= 0.6 is 0 Å². The Morgan fingerprint density at radius 3 is 2.51 bits per heavy atom. The quantitative estimate of drug-likeness (QED) is 0.302. The van der Waals surface area contributed by atoms with Crippen molar-refractivity contribution in [3.63, 3.8) is 0 Å². The number of H-pyrrole nitrogens is 1. The number of benzene rings is 2. The number of hydrogen-bond donors (Lipinski definition) is 2. The third-order valence-corrected chi connectivity index (χ3v) is 7.86. The number of nitrogens with zero attached hydrogens (tertiary/aromatic N) is 4. The number of tetrazole rings is 1. The van der Waals surface area contributed by atoms with Crippen LogP contribution < -0.4 is 19.9 Å². The number of quaternary nitrogens is 1. The number of fused-ring (bicyclic) bond motifs is 1. The number of methoxy groups -OCH3 is 1. The number of hydrogen-bond acceptors (Lipinski definition) is 6. The van der Waals surface area contributed by atoms with Crippen LogP contribution in [0, 0.1) is 0 Å². The fraction of sp³-hybridized carbons (Fsp3) is 0.467. The van der Waals surface area contributed by atoms with Crippen molar-refractivity contribution in [2.75, 3.05) is 13.7 Å². The van der Waals surface area contributed by atoms with E-state index in [0.29, 0.717) is 19.2 Å². The Labute approximate surface area is 229 Å². The van der Waals surface area contributed by atoms with Crippen LogP contribution in [-0.2, 0) is 13.1 Å². The average molecular weight is 532 g/mol. The van der Waals surface area contributed by atoms with Crippen molar-refractivity contribution in [2.24, 2.45) is 0 Å². The summed E-state index contributed by atoms with van der Waals surface area (Å²) in [4.78, 5) is 17.6. The topological polar surface area (TPSA) is 99.4 Å². The highest BCUT2D eigenvalue weighted by Gasteiger charge is 2.32. The van der Waals surface area contributed by atoms with Crippen molar-refractivity contribution >= 4 is 10.9 Å². The van der Waals surface area contributed by atoms with Gasteiger partial charge in [0.2, 0.25) is 5.82 Å². The second kappa shape index (κ2) is 12.4. The van der Waals surface area contributed by atoms with Gasteiger partial charge < -0.3 is 19.4 Å². The third kappa shape index (κ3) is 6.14. The van der Waals surface area contributed by atoms with E-state index in [1.807, 2.05) is 43.3 Å². The minimum Gasteiger partial charge on any atom is -0.497 e. The molecule has 4 aromatic rings. The molecule has 0 radical (unpaired) electrons. The number of nitrogens with one attached hydrogen (secondary N) is 2. The predicted molar refractivity (Wildman–Crippen MR) is 150 cm³/mol. The zero-order valence-corrected chi connectivity index (χ0v) is 23.2. The molecule has 39 heavy (non-hydrogen) atoms. The van der Waals surface area contributed by atoms with Gasteiger partial charge in [0.1, 0.15) is 30.6 Å². The molecule has 2 N–H and O–H groups in total. The van der Waals surface area contributed by atoms with Crippen LogP contribution in [0.5, 0.6) is 11.5 Å². The summed E-state index contributed by atoms with van der Waals surface area (Å²) in [6.45, 7) is 5.99. The Kier molecular flexibility index (Phi) is 8.56. The largest absolute Gasteiger partial charge is 0.497 e. The van der Waals surface area contributed by atoms with Gasteiger partial charge >= 0.3 is 0 Å². The molecule has 1 saturated carbocycles. The summed E-state index contributed by atoms with van der Waals surface area (Å²) in [5, 5.41) is 14.1. The lowest BCUT2D eigenvalue weighted by molar-refractivity contribution is -0.959. The number of aromatic amines is 1. The zero-order valence-electron chi connectivity index (χ0n) is 23.2. The van der Waals surface area contributed by atoms with Gasteiger partial charge in [-0.05, 0) is 78.7 Å². The summed E-state index contributed by atoms with van der Waals surface area (Å²) in [6.07, 6.45) is 6.75. The van der Waals surface area contributed by atoms with Crippen molar-refractivity contribution in [1.82, 2.24) is 25.2 Å². The first-order valence-corrected chi connectivity index (χ1v) is 14.1. The molecule has 9 heteroatoms. The fourth-order valence-corrected chi connectivity index (χ4v) is 5.85. The zero-order chi connectivity index (χ0) is 27.2. The lowest BCUT2D eigenvalue weighted by Gasteiger charge is -2.29. The molecule has 2 aromatic heterocycles. The third-order valence-electron chi connectivity index (χ3n) is 7.86. The molecule has 0 amide bonds. The molecular weight excluding hydrogens is 492 g/mol. The molecular formula is C30H39N6O3+. The molecule has 5 rings (SSSR count). The number of ether oxygens (including phenoxy) is 2. The van der Waals surface area contributed by atoms with Crippen LogP contribution in [0.15, 0.2) is 53.3 Å². The summed E-state index contributed by atoms with van der Waals surface area (Å²) in [5.41, 5.74) is 2.63. The first-order chi connectivity index (χ1) is 19.1. The minimum atomic E-state index is -0.0689. The van der Waals surface area contributed by atoms with Gasteiger partial charge in [0.05, 0.1) is 25.3 Å². The predicted octanol–water partition coefficient (Wildman–Crippen LogP) is 4.16. The molecule has 1 aliphatic carbocycles. The highest BCUT2D eigenvalue weighted by Crippen LogP contribution is 2.29. The Hall–Kier alpha value is -3.72. The van der Waals surface area contributed by atoms with Crippen LogP contribution in [-0.4, -0.2) is 38.9 Å². The second-order valence-corrected chi connectivity index (χ2v) is 10.4. The van der Waals surface area contributed by atoms with Crippen LogP contribution in [0.3, 0.4) is 0 Å². The van der Waals surface area contributed by atoms with E-state index in [4.69, 9.17) is 9.47 Å². The summed E-state index contributed by atoms with van der Waals surface area (Å²) in [5.74, 6) is 2.52. The van der Waals surface area contributed by atoms with Crippen molar-refractivity contribution < 1.29 is 14.4 Å². The summed E-state index contributed by atoms with van der Waals surface area (Å²) >= 11 is 0. The van der Waals surface area contributed by atoms with Crippen LogP contribution in [0.4, 0.5) is 0 Å². The molecule has 0 aliphatic heterocycles. The maximum absolute atomic E-state index is 13.3. The van der Waals surface area contributed by atoms with E-state index >= 15 is 0 Å². The average Bonchev–Trinajstić information content (AvgIpc) is 3.44. The van der Waals surface area contributed by atoms with Crippen LogP contribution in [0.25, 0.3) is 10.9 Å². The Bertz CT molecular complexity index is 1420. The van der Waals surface area contributed by atoms with Gasteiger partial charge in [-0.3, -0.25) is 4.79 Å². The number of aromatic nitrogens is 5. The summed E-state index contributed by atoms with van der Waals surface area (Å²) in [6, 6.07) is 16.3. The highest BCUT2D eigenvalue weighted by atomic mass is 16.5. The van der Waals surface area contributed by atoms with Gasteiger partial charge in [-0.2, -0.15) is 0 Å². The highest BCUT2D eigenvalue weighted by molar-refractivity contribution is 5.80. The van der Waals surface area contributed by atoms with E-state index in [2.05, 4.69) is 44.2 Å². The van der Waals surface area contributed by atoms with E-state index < -0.39 is 0 Å². The Balaban J connectivity index is 1.51. The van der Waals surface area contributed by atoms with Gasteiger partial charge in [0.25, 0.3) is 5.56 Å². The van der Waals surface area contributed by atoms with Crippen molar-refractivity contribution in [3.8, 4) is 11.5 Å². The van der Waals surface area contributed by atoms with E-state index in [9.17, 15) is 4.79 Å². The maximum Gasteiger partial charge on any atom is 0.257 e. The molecule has 1 fully saturated rings. The molecule has 9 nitrogen and oxygen atoms in total. The van der Waals surface area contributed by atoms with Crippen LogP contribution in [0.2, 0.25) is 0 Å². The molecule has 2 atom stereocenters. The van der Waals surface area contributed by atoms with Gasteiger partial charge in [-0.1, -0.05) is 26.2 Å². The number of pyridine rings is 1. The monoisotopic (exact) mass is 531 g/mol. The number of rotatable bonds is 11. The molecule has 206 valence electrons. The van der Waals surface area contributed by atoms with Crippen molar-refractivity contribution in [2.45, 2.75) is 77.5 Å². The van der Waals surface area contributed by atoms with Crippen molar-refractivity contribution in [3.05, 3.63) is 75.8 Å². The van der Waals surface area contributed by atoms with Gasteiger partial charge in [-0.15, -0.1) is 5.10 Å². The van der Waals surface area contributed by atoms with Crippen molar-refractivity contribution in [1.29, 1.82) is 0 Å². The Morgan fingerprint density at radius 2 is 1.79 bits per heavy atom. The molecule has 0 bridgehead atoms. The lowest BCUT2D eigenvalue weighted by Crippen LogP contribution is -3.10. The van der Waals surface area contributed by atoms with E-state index in [1.165, 1.54) is 24.2 Å². The second-order valence-electron chi connectivity index (χ2n) is 10.4. The maximum atomic E-state index is 13.3. The standard InChI is InChI=1S/C30H38N6O3/c1-4-28(29-32-33-34-36(29)24-9-7-6-8-10-24)35(19-21-11-13-25(38-3)14-12-21)20-23-17-22-18-26(39-5-2)15-16-27(22)31-30(23)37/h11-18,24,28H,4-10,19-20H2,1-3H3,(H,31,37)/p+1. The van der Waals surface area contributed by atoms with Gasteiger partial charge in [-0.25, -0.2) is 4.68 Å². The summed E-state index contributed by atoms with van der Waals surface area (Å²) < 4.78 is 13.1.